The van der Waals surface area contributed by atoms with Crippen LogP contribution in [0.5, 0.6) is 5.75 Å². The smallest absolute Gasteiger partial charge is 0.354 e. The average Bonchev–Trinajstić information content (AvgIpc) is 2.82. The number of carboxylic acids is 1. The molecule has 1 aromatic carbocycles. The largest absolute Gasteiger partial charge is 0.486 e. The standard InChI is InChI=1S/C14H15ClN2O3/c1-9(2)17-12(14(18)19)7-10(16-17)8-20-13-6-4-3-5-11(13)15/h3-7,9H,8H2,1-2H3,(H,18,19). The van der Waals surface area contributed by atoms with E-state index in [0.29, 0.717) is 16.5 Å². The third-order valence-electron chi connectivity index (χ3n) is 2.71. The lowest BCUT2D eigenvalue weighted by Gasteiger charge is -2.08. The maximum absolute atomic E-state index is 11.1. The van der Waals surface area contributed by atoms with Crippen molar-refractivity contribution < 1.29 is 14.6 Å². The van der Waals surface area contributed by atoms with Crippen LogP contribution in [0.25, 0.3) is 0 Å². The van der Waals surface area contributed by atoms with Crippen molar-refractivity contribution >= 4 is 17.6 Å². The predicted octanol–water partition coefficient (Wildman–Crippen LogP) is 3.39. The summed E-state index contributed by atoms with van der Waals surface area (Å²) in [7, 11) is 0. The van der Waals surface area contributed by atoms with E-state index in [1.165, 1.54) is 10.7 Å². The molecule has 0 saturated heterocycles. The first-order valence-electron chi connectivity index (χ1n) is 6.18. The monoisotopic (exact) mass is 294 g/mol. The van der Waals surface area contributed by atoms with Gasteiger partial charge < -0.3 is 9.84 Å². The first kappa shape index (κ1) is 14.4. The van der Waals surface area contributed by atoms with E-state index in [1.807, 2.05) is 26.0 Å². The highest BCUT2D eigenvalue weighted by molar-refractivity contribution is 6.32. The number of carboxylic acid groups (broad SMARTS) is 1. The average molecular weight is 295 g/mol. The maximum Gasteiger partial charge on any atom is 0.354 e. The predicted molar refractivity (Wildman–Crippen MR) is 75.4 cm³/mol. The van der Waals surface area contributed by atoms with Gasteiger partial charge in [-0.3, -0.25) is 4.68 Å². The van der Waals surface area contributed by atoms with E-state index < -0.39 is 5.97 Å². The number of para-hydroxylation sites is 1. The maximum atomic E-state index is 11.1. The third kappa shape index (κ3) is 3.11. The fourth-order valence-electron chi connectivity index (χ4n) is 1.78. The van der Waals surface area contributed by atoms with Crippen molar-refractivity contribution in [3.63, 3.8) is 0 Å². The second-order valence-electron chi connectivity index (χ2n) is 4.58. The van der Waals surface area contributed by atoms with E-state index in [1.54, 1.807) is 12.1 Å². The molecule has 106 valence electrons. The molecule has 0 unspecified atom stereocenters. The Morgan fingerprint density at radius 3 is 2.70 bits per heavy atom. The van der Waals surface area contributed by atoms with Gasteiger partial charge in [0.15, 0.2) is 0 Å². The Morgan fingerprint density at radius 1 is 1.45 bits per heavy atom. The molecule has 1 N–H and O–H groups in total. The Kier molecular flexibility index (Phi) is 4.29. The Hall–Kier alpha value is -2.01. The minimum atomic E-state index is -1.00. The molecule has 20 heavy (non-hydrogen) atoms. The fraction of sp³-hybridized carbons (Fsp3) is 0.286. The number of nitrogens with zero attached hydrogens (tertiary/aromatic N) is 2. The summed E-state index contributed by atoms with van der Waals surface area (Å²) in [6.45, 7) is 3.92. The number of hydrogen-bond acceptors (Lipinski definition) is 3. The second kappa shape index (κ2) is 5.96. The molecule has 2 rings (SSSR count). The quantitative estimate of drug-likeness (QED) is 0.918. The molecule has 0 aliphatic carbocycles. The number of ether oxygens (including phenoxy) is 1. The molecule has 0 aliphatic heterocycles. The van der Waals surface area contributed by atoms with Crippen molar-refractivity contribution in [1.29, 1.82) is 0 Å². The highest BCUT2D eigenvalue weighted by atomic mass is 35.5. The number of carbonyl (C=O) groups is 1. The molecule has 1 aromatic heterocycles. The fourth-order valence-corrected chi connectivity index (χ4v) is 1.97. The molecule has 0 atom stereocenters. The molecule has 0 aliphatic rings. The Labute approximate surface area is 121 Å². The molecule has 0 saturated carbocycles. The van der Waals surface area contributed by atoms with Gasteiger partial charge in [0.2, 0.25) is 0 Å². The molecule has 2 aromatic rings. The van der Waals surface area contributed by atoms with Crippen LogP contribution in [0, 0.1) is 0 Å². The summed E-state index contributed by atoms with van der Waals surface area (Å²) in [5.41, 5.74) is 0.703. The molecule has 5 nitrogen and oxygen atoms in total. The van der Waals surface area contributed by atoms with Gasteiger partial charge in [-0.25, -0.2) is 4.79 Å². The van der Waals surface area contributed by atoms with Crippen LogP contribution < -0.4 is 4.74 Å². The number of halogens is 1. The zero-order valence-corrected chi connectivity index (χ0v) is 12.0. The lowest BCUT2D eigenvalue weighted by molar-refractivity contribution is 0.0681. The van der Waals surface area contributed by atoms with E-state index in [4.69, 9.17) is 21.4 Å². The highest BCUT2D eigenvalue weighted by Gasteiger charge is 2.16. The van der Waals surface area contributed by atoms with Gasteiger partial charge in [0.1, 0.15) is 23.7 Å². The first-order chi connectivity index (χ1) is 9.49. The molecular weight excluding hydrogens is 280 g/mol. The van der Waals surface area contributed by atoms with E-state index in [9.17, 15) is 4.79 Å². The normalized spacial score (nSPS) is 10.8. The number of aromatic nitrogens is 2. The summed E-state index contributed by atoms with van der Waals surface area (Å²) >= 11 is 5.98. The number of hydrogen-bond donors (Lipinski definition) is 1. The van der Waals surface area contributed by atoms with Gasteiger partial charge in [0, 0.05) is 6.04 Å². The van der Waals surface area contributed by atoms with Crippen molar-refractivity contribution in [2.24, 2.45) is 0 Å². The van der Waals surface area contributed by atoms with Gasteiger partial charge in [0.25, 0.3) is 0 Å². The van der Waals surface area contributed by atoms with Crippen molar-refractivity contribution in [1.82, 2.24) is 9.78 Å². The van der Waals surface area contributed by atoms with Gasteiger partial charge in [-0.2, -0.15) is 5.10 Å². The Balaban J connectivity index is 2.16. The van der Waals surface area contributed by atoms with Crippen LogP contribution in [-0.2, 0) is 6.61 Å². The van der Waals surface area contributed by atoms with Gasteiger partial charge in [-0.1, -0.05) is 23.7 Å². The molecule has 0 fully saturated rings. The number of rotatable bonds is 5. The molecule has 0 amide bonds. The topological polar surface area (TPSA) is 64.4 Å². The van der Waals surface area contributed by atoms with Crippen LogP contribution in [-0.4, -0.2) is 20.9 Å². The van der Waals surface area contributed by atoms with Gasteiger partial charge in [0.05, 0.1) is 5.02 Å². The van der Waals surface area contributed by atoms with Gasteiger partial charge in [-0.15, -0.1) is 0 Å². The van der Waals surface area contributed by atoms with Gasteiger partial charge in [-0.05, 0) is 32.0 Å². The zero-order chi connectivity index (χ0) is 14.7. The summed E-state index contributed by atoms with van der Waals surface area (Å²) < 4.78 is 7.02. The molecule has 0 radical (unpaired) electrons. The summed E-state index contributed by atoms with van der Waals surface area (Å²) in [6.07, 6.45) is 0. The van der Waals surface area contributed by atoms with Crippen LogP contribution in [0.1, 0.15) is 36.1 Å². The van der Waals surface area contributed by atoms with Crippen molar-refractivity contribution in [2.45, 2.75) is 26.5 Å². The van der Waals surface area contributed by atoms with Gasteiger partial charge >= 0.3 is 5.97 Å². The summed E-state index contributed by atoms with van der Waals surface area (Å²) in [5.74, 6) is -0.458. The number of aromatic carboxylic acids is 1. The zero-order valence-electron chi connectivity index (χ0n) is 11.2. The van der Waals surface area contributed by atoms with Crippen molar-refractivity contribution in [3.05, 3.63) is 46.7 Å². The van der Waals surface area contributed by atoms with Crippen LogP contribution in [0.4, 0.5) is 0 Å². The lowest BCUT2D eigenvalue weighted by Crippen LogP contribution is -2.12. The van der Waals surface area contributed by atoms with E-state index in [0.717, 1.165) is 0 Å². The van der Waals surface area contributed by atoms with Crippen molar-refractivity contribution in [3.8, 4) is 5.75 Å². The van der Waals surface area contributed by atoms with Crippen LogP contribution in [0.15, 0.2) is 30.3 Å². The van der Waals surface area contributed by atoms with E-state index in [-0.39, 0.29) is 18.3 Å². The van der Waals surface area contributed by atoms with Crippen LogP contribution >= 0.6 is 11.6 Å². The van der Waals surface area contributed by atoms with E-state index >= 15 is 0 Å². The summed E-state index contributed by atoms with van der Waals surface area (Å²) in [4.78, 5) is 11.1. The Bertz CT molecular complexity index is 623. The Morgan fingerprint density at radius 2 is 2.15 bits per heavy atom. The summed E-state index contributed by atoms with van der Waals surface area (Å²) in [6, 6.07) is 8.59. The molecular formula is C14H15ClN2O3. The van der Waals surface area contributed by atoms with E-state index in [2.05, 4.69) is 5.10 Å². The molecule has 1 heterocycles. The summed E-state index contributed by atoms with van der Waals surface area (Å²) in [5, 5.41) is 13.9. The third-order valence-corrected chi connectivity index (χ3v) is 3.02. The minimum absolute atomic E-state index is 0.0323. The first-order valence-corrected chi connectivity index (χ1v) is 6.56. The second-order valence-corrected chi connectivity index (χ2v) is 4.99. The van der Waals surface area contributed by atoms with Crippen molar-refractivity contribution in [2.75, 3.05) is 0 Å². The number of benzene rings is 1. The lowest BCUT2D eigenvalue weighted by atomic mass is 10.3. The van der Waals surface area contributed by atoms with Crippen LogP contribution in [0.2, 0.25) is 5.02 Å². The molecule has 6 heteroatoms. The highest BCUT2D eigenvalue weighted by Crippen LogP contribution is 2.24. The van der Waals surface area contributed by atoms with Crippen LogP contribution in [0.3, 0.4) is 0 Å². The minimum Gasteiger partial charge on any atom is -0.486 e. The molecule has 0 bridgehead atoms. The SMILES string of the molecule is CC(C)n1nc(COc2ccccc2Cl)cc1C(=O)O. The molecule has 0 spiro atoms.